The summed E-state index contributed by atoms with van der Waals surface area (Å²) in [6.07, 6.45) is 3.97. The van der Waals surface area contributed by atoms with Crippen LogP contribution < -0.4 is 0 Å². The summed E-state index contributed by atoms with van der Waals surface area (Å²) in [5.74, 6) is -1.14. The zero-order valence-corrected chi connectivity index (χ0v) is 13.6. The van der Waals surface area contributed by atoms with Crippen molar-refractivity contribution in [1.82, 2.24) is 4.90 Å². The second-order valence-electron chi connectivity index (χ2n) is 7.12. The number of hydrogen-bond donors (Lipinski definition) is 1. The Balaban J connectivity index is 1.53. The van der Waals surface area contributed by atoms with Crippen molar-refractivity contribution < 1.29 is 23.1 Å². The molecule has 1 amide bonds. The number of aliphatic hydroxyl groups is 1. The molecule has 2 unspecified atom stereocenters. The Morgan fingerprint density at radius 1 is 1.24 bits per heavy atom. The van der Waals surface area contributed by atoms with Gasteiger partial charge in [-0.3, -0.25) is 4.79 Å². The zero-order valence-electron chi connectivity index (χ0n) is 13.6. The van der Waals surface area contributed by atoms with Gasteiger partial charge in [-0.15, -0.1) is 0 Å². The maximum absolute atomic E-state index is 13.9. The van der Waals surface area contributed by atoms with E-state index in [-0.39, 0.29) is 24.4 Å². The Kier molecular flexibility index (Phi) is 3.87. The summed E-state index contributed by atoms with van der Waals surface area (Å²) in [5.41, 5.74) is -0.793. The van der Waals surface area contributed by atoms with Gasteiger partial charge in [-0.25, -0.2) is 8.78 Å². The van der Waals surface area contributed by atoms with E-state index in [0.717, 1.165) is 18.9 Å². The Morgan fingerprint density at radius 2 is 1.96 bits per heavy atom. The van der Waals surface area contributed by atoms with Gasteiger partial charge in [0.25, 0.3) is 5.91 Å². The molecule has 0 saturated carbocycles. The highest BCUT2D eigenvalue weighted by atomic mass is 19.1. The van der Waals surface area contributed by atoms with Gasteiger partial charge in [-0.2, -0.15) is 0 Å². The van der Waals surface area contributed by atoms with E-state index in [9.17, 15) is 18.7 Å². The number of hydrogen-bond acceptors (Lipinski definition) is 3. The number of benzene rings is 1. The molecule has 1 aromatic carbocycles. The summed E-state index contributed by atoms with van der Waals surface area (Å²) < 4.78 is 32.2. The fourth-order valence-corrected chi connectivity index (χ4v) is 4.35. The number of nitrogens with zero attached hydrogens (tertiary/aromatic N) is 1. The minimum atomic E-state index is -1.09. The van der Waals surface area contributed by atoms with Crippen molar-refractivity contribution in [2.24, 2.45) is 0 Å². The van der Waals surface area contributed by atoms with Crippen LogP contribution in [0.4, 0.5) is 8.78 Å². The van der Waals surface area contributed by atoms with Gasteiger partial charge in [0.1, 0.15) is 11.6 Å². The summed E-state index contributed by atoms with van der Waals surface area (Å²) in [5, 5.41) is 11.0. The summed E-state index contributed by atoms with van der Waals surface area (Å²) in [4.78, 5) is 14.4. The fraction of sp³-hybridized carbons (Fsp3) is 0.421. The van der Waals surface area contributed by atoms with Crippen LogP contribution in [0.3, 0.4) is 0 Å². The topological polar surface area (TPSA) is 53.7 Å². The predicted molar refractivity (Wildman–Crippen MR) is 85.9 cm³/mol. The van der Waals surface area contributed by atoms with Gasteiger partial charge < -0.3 is 14.4 Å². The second kappa shape index (κ2) is 5.95. The van der Waals surface area contributed by atoms with Crippen LogP contribution in [-0.2, 0) is 6.42 Å². The first-order valence-corrected chi connectivity index (χ1v) is 8.48. The monoisotopic (exact) mass is 347 g/mol. The van der Waals surface area contributed by atoms with Crippen LogP contribution in [-0.4, -0.2) is 33.6 Å². The van der Waals surface area contributed by atoms with Gasteiger partial charge in [0.15, 0.2) is 5.76 Å². The second-order valence-corrected chi connectivity index (χ2v) is 7.12. The van der Waals surface area contributed by atoms with Crippen LogP contribution in [0.25, 0.3) is 0 Å². The molecule has 2 atom stereocenters. The molecular weight excluding hydrogens is 328 g/mol. The van der Waals surface area contributed by atoms with Crippen LogP contribution >= 0.6 is 0 Å². The van der Waals surface area contributed by atoms with E-state index in [1.165, 1.54) is 18.4 Å². The third kappa shape index (κ3) is 2.95. The van der Waals surface area contributed by atoms with Crippen molar-refractivity contribution in [1.29, 1.82) is 0 Å². The van der Waals surface area contributed by atoms with Crippen molar-refractivity contribution >= 4 is 5.91 Å². The predicted octanol–water partition coefficient (Wildman–Crippen LogP) is 3.30. The van der Waals surface area contributed by atoms with E-state index in [2.05, 4.69) is 0 Å². The summed E-state index contributed by atoms with van der Waals surface area (Å²) in [7, 11) is 0. The molecule has 4 rings (SSSR count). The van der Waals surface area contributed by atoms with Crippen molar-refractivity contribution in [3.05, 3.63) is 59.6 Å². The SMILES string of the molecule is O=C(c1ccco1)N1C2CCC1CC(O)(Cc1ccc(F)cc1F)C2. The van der Waals surface area contributed by atoms with Gasteiger partial charge in [0, 0.05) is 24.6 Å². The first kappa shape index (κ1) is 16.3. The van der Waals surface area contributed by atoms with Crippen molar-refractivity contribution in [2.75, 3.05) is 0 Å². The first-order chi connectivity index (χ1) is 12.0. The van der Waals surface area contributed by atoms with Gasteiger partial charge in [-0.05, 0) is 49.4 Å². The molecule has 0 radical (unpaired) electrons. The molecule has 2 aromatic rings. The number of rotatable bonds is 3. The van der Waals surface area contributed by atoms with E-state index < -0.39 is 17.2 Å². The van der Waals surface area contributed by atoms with Crippen molar-refractivity contribution in [2.45, 2.75) is 49.8 Å². The minimum absolute atomic E-state index is 0.0927. The molecule has 0 spiro atoms. The number of furan rings is 1. The van der Waals surface area contributed by atoms with E-state index in [1.807, 2.05) is 0 Å². The number of carbonyl (C=O) groups is 1. The average molecular weight is 347 g/mol. The maximum atomic E-state index is 13.9. The molecule has 2 bridgehead atoms. The molecule has 2 fully saturated rings. The molecule has 6 heteroatoms. The number of carbonyl (C=O) groups excluding carboxylic acids is 1. The third-order valence-electron chi connectivity index (χ3n) is 5.35. The van der Waals surface area contributed by atoms with Crippen molar-refractivity contribution in [3.8, 4) is 0 Å². The molecule has 2 aliphatic heterocycles. The summed E-state index contributed by atoms with van der Waals surface area (Å²) in [6, 6.07) is 6.54. The molecule has 1 N–H and O–H groups in total. The zero-order chi connectivity index (χ0) is 17.6. The Bertz CT molecular complexity index is 776. The van der Waals surface area contributed by atoms with Crippen molar-refractivity contribution in [3.63, 3.8) is 0 Å². The molecular formula is C19H19F2NO3. The number of amides is 1. The van der Waals surface area contributed by atoms with E-state index in [0.29, 0.717) is 24.2 Å². The molecule has 2 saturated heterocycles. The lowest BCUT2D eigenvalue weighted by molar-refractivity contribution is -0.0438. The molecule has 132 valence electrons. The van der Waals surface area contributed by atoms with E-state index in [1.54, 1.807) is 17.0 Å². The quantitative estimate of drug-likeness (QED) is 0.927. The molecule has 2 aliphatic rings. The highest BCUT2D eigenvalue weighted by molar-refractivity contribution is 5.92. The minimum Gasteiger partial charge on any atom is -0.459 e. The number of halogens is 2. The van der Waals surface area contributed by atoms with Gasteiger partial charge in [0.05, 0.1) is 11.9 Å². The van der Waals surface area contributed by atoms with Crippen LogP contribution in [0.5, 0.6) is 0 Å². The van der Waals surface area contributed by atoms with E-state index >= 15 is 0 Å². The normalized spacial score (nSPS) is 28.4. The lowest BCUT2D eigenvalue weighted by atomic mass is 9.81. The lowest BCUT2D eigenvalue weighted by Crippen LogP contribution is -2.54. The molecule has 0 aliphatic carbocycles. The van der Waals surface area contributed by atoms with E-state index in [4.69, 9.17) is 4.42 Å². The van der Waals surface area contributed by atoms with Gasteiger partial charge >= 0.3 is 0 Å². The highest BCUT2D eigenvalue weighted by Crippen LogP contribution is 2.43. The standard InChI is InChI=1S/C19H19F2NO3/c20-13-4-3-12(16(21)8-13)9-19(24)10-14-5-6-15(11-19)22(14)18(23)17-2-1-7-25-17/h1-4,7-8,14-15,24H,5-6,9-11H2. The number of piperidine rings is 1. The highest BCUT2D eigenvalue weighted by Gasteiger charge is 2.49. The fourth-order valence-electron chi connectivity index (χ4n) is 4.35. The number of fused-ring (bicyclic) bond motifs is 2. The first-order valence-electron chi connectivity index (χ1n) is 8.48. The van der Waals surface area contributed by atoms with Gasteiger partial charge in [-0.1, -0.05) is 6.07 Å². The smallest absolute Gasteiger partial charge is 0.290 e. The third-order valence-corrected chi connectivity index (χ3v) is 5.35. The molecule has 25 heavy (non-hydrogen) atoms. The Hall–Kier alpha value is -2.21. The van der Waals surface area contributed by atoms with Crippen LogP contribution in [0.15, 0.2) is 41.0 Å². The Morgan fingerprint density at radius 3 is 2.56 bits per heavy atom. The molecule has 1 aromatic heterocycles. The van der Waals surface area contributed by atoms with Crippen LogP contribution in [0.2, 0.25) is 0 Å². The van der Waals surface area contributed by atoms with Crippen LogP contribution in [0, 0.1) is 11.6 Å². The van der Waals surface area contributed by atoms with Crippen LogP contribution in [0.1, 0.15) is 41.8 Å². The molecule has 4 nitrogen and oxygen atoms in total. The average Bonchev–Trinajstić information content (AvgIpc) is 3.17. The largest absolute Gasteiger partial charge is 0.459 e. The summed E-state index contributed by atoms with van der Waals surface area (Å²) >= 11 is 0. The lowest BCUT2D eigenvalue weighted by Gasteiger charge is -2.43. The molecule has 3 heterocycles. The Labute approximate surface area is 144 Å². The maximum Gasteiger partial charge on any atom is 0.290 e. The van der Waals surface area contributed by atoms with Gasteiger partial charge in [0.2, 0.25) is 0 Å². The summed E-state index contributed by atoms with van der Waals surface area (Å²) in [6.45, 7) is 0.